The van der Waals surface area contributed by atoms with Crippen LogP contribution in [0.5, 0.6) is 0 Å². The number of hydrogen-bond donors (Lipinski definition) is 2. The van der Waals surface area contributed by atoms with Crippen LogP contribution in [0.25, 0.3) is 0 Å². The Hall–Kier alpha value is -0.280. The van der Waals surface area contributed by atoms with Gasteiger partial charge in [0.25, 0.3) is 0 Å². The number of rotatable bonds is 25. The van der Waals surface area contributed by atoms with Crippen LogP contribution in [0.4, 0.5) is 0 Å². The van der Waals surface area contributed by atoms with Gasteiger partial charge in [0.1, 0.15) is 6.61 Å². The molecule has 0 aliphatic carbocycles. The van der Waals surface area contributed by atoms with Crippen molar-refractivity contribution in [1.29, 1.82) is 0 Å². The highest BCUT2D eigenvalue weighted by atomic mass is 16.6. The van der Waals surface area contributed by atoms with Gasteiger partial charge in [-0.2, -0.15) is 0 Å². The lowest BCUT2D eigenvalue weighted by Crippen LogP contribution is -2.51. The van der Waals surface area contributed by atoms with E-state index in [1.54, 1.807) is 0 Å². The number of hydrogen-bond acceptors (Lipinski definition) is 6. The standard InChI is InChI=1S/C24H52NO6/c1-4-5-6-7-8-9-10-11-12-13-14-25(2,3)24(27)23-31-22-21-30-20-19-29-18-17-28-16-15-26/h24,26-27H,4-23H2,1-3H3/q+1. The number of quaternary nitrogens is 1. The Kier molecular flexibility index (Phi) is 22.7. The lowest BCUT2D eigenvalue weighted by molar-refractivity contribution is -0.937. The third-order valence-corrected chi connectivity index (χ3v) is 5.51. The van der Waals surface area contributed by atoms with E-state index in [9.17, 15) is 5.11 Å². The van der Waals surface area contributed by atoms with Crippen LogP contribution in [0.15, 0.2) is 0 Å². The molecular formula is C24H52NO6+. The normalized spacial score (nSPS) is 13.1. The second-order valence-electron chi connectivity index (χ2n) is 8.80. The van der Waals surface area contributed by atoms with Crippen LogP contribution in [-0.4, -0.2) is 101 Å². The first-order valence-electron chi connectivity index (χ1n) is 12.5. The average Bonchev–Trinajstić information content (AvgIpc) is 2.75. The molecule has 0 amide bonds. The fourth-order valence-electron chi connectivity index (χ4n) is 3.27. The fourth-order valence-corrected chi connectivity index (χ4v) is 3.27. The monoisotopic (exact) mass is 450 g/mol. The molecule has 1 atom stereocenters. The lowest BCUT2D eigenvalue weighted by atomic mass is 10.1. The second-order valence-corrected chi connectivity index (χ2v) is 8.80. The zero-order valence-corrected chi connectivity index (χ0v) is 20.7. The maximum Gasteiger partial charge on any atom is 0.214 e. The van der Waals surface area contributed by atoms with Gasteiger partial charge in [0.15, 0.2) is 0 Å². The first kappa shape index (κ1) is 30.7. The minimum Gasteiger partial charge on any atom is -0.394 e. The van der Waals surface area contributed by atoms with E-state index in [0.29, 0.717) is 57.3 Å². The Balaban J connectivity index is 3.46. The summed E-state index contributed by atoms with van der Waals surface area (Å²) in [4.78, 5) is 0. The van der Waals surface area contributed by atoms with Crippen molar-refractivity contribution in [1.82, 2.24) is 0 Å². The van der Waals surface area contributed by atoms with Crippen LogP contribution in [-0.2, 0) is 18.9 Å². The Bertz CT molecular complexity index is 357. The molecule has 2 N–H and O–H groups in total. The predicted molar refractivity (Wildman–Crippen MR) is 125 cm³/mol. The number of aliphatic hydroxyl groups excluding tert-OH is 2. The Morgan fingerprint density at radius 3 is 1.52 bits per heavy atom. The molecular weight excluding hydrogens is 398 g/mol. The van der Waals surface area contributed by atoms with Crippen LogP contribution >= 0.6 is 0 Å². The lowest BCUT2D eigenvalue weighted by Gasteiger charge is -2.34. The average molecular weight is 451 g/mol. The molecule has 7 nitrogen and oxygen atoms in total. The van der Waals surface area contributed by atoms with E-state index in [0.717, 1.165) is 13.0 Å². The van der Waals surface area contributed by atoms with Gasteiger partial charge >= 0.3 is 0 Å². The van der Waals surface area contributed by atoms with E-state index >= 15 is 0 Å². The number of nitrogens with zero attached hydrogens (tertiary/aromatic N) is 1. The molecule has 0 aromatic heterocycles. The van der Waals surface area contributed by atoms with E-state index in [1.807, 2.05) is 0 Å². The van der Waals surface area contributed by atoms with E-state index in [4.69, 9.17) is 24.1 Å². The summed E-state index contributed by atoms with van der Waals surface area (Å²) in [5, 5.41) is 19.0. The molecule has 188 valence electrons. The Labute approximate surface area is 191 Å². The first-order valence-corrected chi connectivity index (χ1v) is 12.5. The van der Waals surface area contributed by atoms with E-state index < -0.39 is 6.23 Å². The summed E-state index contributed by atoms with van der Waals surface area (Å²) in [6, 6.07) is 0. The van der Waals surface area contributed by atoms with E-state index in [2.05, 4.69) is 21.0 Å². The zero-order chi connectivity index (χ0) is 23.0. The molecule has 0 saturated carbocycles. The molecule has 7 heteroatoms. The van der Waals surface area contributed by atoms with Crippen LogP contribution < -0.4 is 0 Å². The number of likely N-dealkylation sites (N-methyl/N-ethyl adjacent to an activating group) is 1. The minimum atomic E-state index is -0.513. The predicted octanol–water partition coefficient (Wildman–Crippen LogP) is 3.36. The van der Waals surface area contributed by atoms with Gasteiger partial charge in [-0.15, -0.1) is 0 Å². The minimum absolute atomic E-state index is 0.0349. The highest BCUT2D eigenvalue weighted by Gasteiger charge is 2.25. The van der Waals surface area contributed by atoms with Gasteiger partial charge in [-0.3, -0.25) is 0 Å². The number of unbranched alkanes of at least 4 members (excludes halogenated alkanes) is 9. The molecule has 0 radical (unpaired) electrons. The van der Waals surface area contributed by atoms with E-state index in [1.165, 1.54) is 57.8 Å². The molecule has 0 aliphatic heterocycles. The van der Waals surface area contributed by atoms with Crippen LogP contribution in [0.2, 0.25) is 0 Å². The highest BCUT2D eigenvalue weighted by Crippen LogP contribution is 2.13. The Morgan fingerprint density at radius 2 is 1.03 bits per heavy atom. The maximum absolute atomic E-state index is 10.4. The number of aliphatic hydroxyl groups is 2. The van der Waals surface area contributed by atoms with Crippen molar-refractivity contribution in [2.45, 2.75) is 77.4 Å². The van der Waals surface area contributed by atoms with Crippen molar-refractivity contribution >= 4 is 0 Å². The topological polar surface area (TPSA) is 77.4 Å². The van der Waals surface area contributed by atoms with Gasteiger partial charge in [0, 0.05) is 0 Å². The third kappa shape index (κ3) is 21.3. The summed E-state index contributed by atoms with van der Waals surface area (Å²) in [5.74, 6) is 0. The van der Waals surface area contributed by atoms with Crippen molar-refractivity contribution in [3.05, 3.63) is 0 Å². The summed E-state index contributed by atoms with van der Waals surface area (Å²) < 4.78 is 22.0. The van der Waals surface area contributed by atoms with Crippen molar-refractivity contribution in [3.8, 4) is 0 Å². The Morgan fingerprint density at radius 1 is 0.613 bits per heavy atom. The molecule has 0 aromatic rings. The van der Waals surface area contributed by atoms with Gasteiger partial charge in [-0.25, -0.2) is 0 Å². The van der Waals surface area contributed by atoms with Gasteiger partial charge in [-0.1, -0.05) is 58.3 Å². The summed E-state index contributed by atoms with van der Waals surface area (Å²) in [7, 11) is 4.14. The molecule has 0 aromatic carbocycles. The van der Waals surface area contributed by atoms with Crippen molar-refractivity contribution in [3.63, 3.8) is 0 Å². The summed E-state index contributed by atoms with van der Waals surface area (Å²) in [6.07, 6.45) is 12.8. The summed E-state index contributed by atoms with van der Waals surface area (Å²) in [5.41, 5.74) is 0. The molecule has 0 bridgehead atoms. The van der Waals surface area contributed by atoms with Crippen LogP contribution in [0.3, 0.4) is 0 Å². The SMILES string of the molecule is CCCCCCCCCCCC[N+](C)(C)C(O)COCCOCCOCCOCCO. The zero-order valence-electron chi connectivity index (χ0n) is 20.7. The molecule has 0 spiro atoms. The van der Waals surface area contributed by atoms with Gasteiger partial charge in [0.2, 0.25) is 6.23 Å². The molecule has 0 fully saturated rings. The maximum atomic E-state index is 10.4. The summed E-state index contributed by atoms with van der Waals surface area (Å²) in [6.45, 7) is 6.89. The second kappa shape index (κ2) is 22.9. The smallest absolute Gasteiger partial charge is 0.214 e. The van der Waals surface area contributed by atoms with Crippen LogP contribution in [0, 0.1) is 0 Å². The molecule has 31 heavy (non-hydrogen) atoms. The molecule has 0 saturated heterocycles. The first-order chi connectivity index (χ1) is 15.0. The van der Waals surface area contributed by atoms with Gasteiger partial charge in [0.05, 0.1) is 73.5 Å². The molecule has 0 aliphatic rings. The molecule has 0 rings (SSSR count). The van der Waals surface area contributed by atoms with E-state index in [-0.39, 0.29) is 6.61 Å². The fraction of sp³-hybridized carbons (Fsp3) is 1.00. The van der Waals surface area contributed by atoms with Crippen molar-refractivity contribution < 1.29 is 33.6 Å². The van der Waals surface area contributed by atoms with Gasteiger partial charge < -0.3 is 33.6 Å². The molecule has 0 heterocycles. The highest BCUT2D eigenvalue weighted by molar-refractivity contribution is 4.49. The van der Waals surface area contributed by atoms with Gasteiger partial charge in [-0.05, 0) is 12.8 Å². The quantitative estimate of drug-likeness (QED) is 0.126. The molecule has 1 unspecified atom stereocenters. The van der Waals surface area contributed by atoms with Crippen LogP contribution in [0.1, 0.15) is 71.1 Å². The largest absolute Gasteiger partial charge is 0.394 e. The number of ether oxygens (including phenoxy) is 4. The van der Waals surface area contributed by atoms with Crippen molar-refractivity contribution in [2.75, 3.05) is 80.1 Å². The third-order valence-electron chi connectivity index (χ3n) is 5.51. The van der Waals surface area contributed by atoms with Crippen molar-refractivity contribution in [2.24, 2.45) is 0 Å². The summed E-state index contributed by atoms with van der Waals surface area (Å²) >= 11 is 0.